The first-order valence-electron chi connectivity index (χ1n) is 8.42. The lowest BCUT2D eigenvalue weighted by Crippen LogP contribution is -2.18. The number of aromatic nitrogens is 2. The van der Waals surface area contributed by atoms with Crippen LogP contribution in [0, 0.1) is 5.92 Å². The molecule has 0 bridgehead atoms. The topological polar surface area (TPSA) is 56.1 Å². The number of rotatable bonds is 6. The Hall–Kier alpha value is -2.02. The molecule has 142 valence electrons. The molecule has 2 aromatic heterocycles. The first kappa shape index (κ1) is 19.7. The Morgan fingerprint density at radius 3 is 2.74 bits per heavy atom. The summed E-state index contributed by atoms with van der Waals surface area (Å²) < 4.78 is 7.42. The van der Waals surface area contributed by atoms with Crippen molar-refractivity contribution in [3.8, 4) is 5.88 Å². The largest absolute Gasteiger partial charge is 0.420 e. The van der Waals surface area contributed by atoms with Gasteiger partial charge in [-0.3, -0.25) is 5.32 Å². The van der Waals surface area contributed by atoms with Crippen LogP contribution in [0.5, 0.6) is 5.88 Å². The summed E-state index contributed by atoms with van der Waals surface area (Å²) in [7, 11) is 0. The van der Waals surface area contributed by atoms with Gasteiger partial charge in [-0.2, -0.15) is 0 Å². The molecule has 0 spiro atoms. The highest BCUT2D eigenvalue weighted by atomic mass is 35.5. The number of amides is 1. The van der Waals surface area contributed by atoms with Crippen molar-refractivity contribution in [3.05, 3.63) is 63.2 Å². The number of nitrogens with one attached hydrogen (secondary N) is 1. The Morgan fingerprint density at radius 2 is 2.07 bits per heavy atom. The summed E-state index contributed by atoms with van der Waals surface area (Å²) in [6, 6.07) is 7.35. The Labute approximate surface area is 171 Å². The second-order valence-electron chi connectivity index (χ2n) is 6.51. The third-order valence-electron chi connectivity index (χ3n) is 3.73. The minimum atomic E-state index is -0.575. The van der Waals surface area contributed by atoms with E-state index in [0.29, 0.717) is 33.5 Å². The summed E-state index contributed by atoms with van der Waals surface area (Å²) >= 11 is 13.4. The van der Waals surface area contributed by atoms with Gasteiger partial charge in [0.1, 0.15) is 0 Å². The Kier molecular flexibility index (Phi) is 6.42. The first-order chi connectivity index (χ1) is 12.9. The standard InChI is InChI=1S/C19H19Cl2N3O2S/c1-12(2)7-14-9-17(26-19(25)23-18-22-5-6-27-18)24(11-14)10-13-3-4-15(20)16(21)8-13/h3-6,8-9,11-12H,7,10H2,1-2H3,(H,22,23,25). The second kappa shape index (κ2) is 8.78. The maximum atomic E-state index is 12.2. The zero-order valence-electron chi connectivity index (χ0n) is 14.9. The van der Waals surface area contributed by atoms with E-state index in [4.69, 9.17) is 27.9 Å². The molecule has 0 atom stereocenters. The number of hydrogen-bond donors (Lipinski definition) is 1. The lowest BCUT2D eigenvalue weighted by Gasteiger charge is -2.10. The van der Waals surface area contributed by atoms with E-state index >= 15 is 0 Å². The molecular weight excluding hydrogens is 405 g/mol. The molecule has 3 aromatic rings. The van der Waals surface area contributed by atoms with Crippen molar-refractivity contribution in [1.82, 2.24) is 9.55 Å². The molecular formula is C19H19Cl2N3O2S. The van der Waals surface area contributed by atoms with Gasteiger partial charge in [-0.15, -0.1) is 11.3 Å². The summed E-state index contributed by atoms with van der Waals surface area (Å²) in [6.45, 7) is 4.80. The van der Waals surface area contributed by atoms with Crippen LogP contribution in [-0.4, -0.2) is 15.6 Å². The SMILES string of the molecule is CC(C)Cc1cc(OC(=O)Nc2nccs2)n(Cc2ccc(Cl)c(Cl)c2)c1. The number of anilines is 1. The normalized spacial score (nSPS) is 11.0. The van der Waals surface area contributed by atoms with Gasteiger partial charge in [-0.05, 0) is 35.6 Å². The molecule has 1 aromatic carbocycles. The molecule has 1 N–H and O–H groups in total. The number of thiazole rings is 1. The third-order valence-corrected chi connectivity index (χ3v) is 5.16. The van der Waals surface area contributed by atoms with Gasteiger partial charge < -0.3 is 9.30 Å². The van der Waals surface area contributed by atoms with Crippen molar-refractivity contribution in [2.75, 3.05) is 5.32 Å². The summed E-state index contributed by atoms with van der Waals surface area (Å²) in [5, 5.41) is 5.89. The quantitative estimate of drug-likeness (QED) is 0.520. The lowest BCUT2D eigenvalue weighted by atomic mass is 10.1. The fourth-order valence-corrected chi connectivity index (χ4v) is 3.50. The first-order valence-corrected chi connectivity index (χ1v) is 10.1. The van der Waals surface area contributed by atoms with Gasteiger partial charge in [0.15, 0.2) is 5.13 Å². The molecule has 2 heterocycles. The number of carbonyl (C=O) groups is 1. The molecule has 5 nitrogen and oxygen atoms in total. The van der Waals surface area contributed by atoms with Crippen molar-refractivity contribution in [2.24, 2.45) is 5.92 Å². The molecule has 0 fully saturated rings. The number of carbonyl (C=O) groups excluding carboxylic acids is 1. The van der Waals surface area contributed by atoms with Crippen molar-refractivity contribution >= 4 is 45.8 Å². The van der Waals surface area contributed by atoms with E-state index in [0.717, 1.165) is 17.5 Å². The Bertz CT molecular complexity index is 923. The predicted molar refractivity (Wildman–Crippen MR) is 110 cm³/mol. The summed E-state index contributed by atoms with van der Waals surface area (Å²) in [5.41, 5.74) is 2.06. The van der Waals surface area contributed by atoms with E-state index in [2.05, 4.69) is 24.1 Å². The van der Waals surface area contributed by atoms with Crippen LogP contribution >= 0.6 is 34.5 Å². The fraction of sp³-hybridized carbons (Fsp3) is 0.263. The van der Waals surface area contributed by atoms with Crippen molar-refractivity contribution < 1.29 is 9.53 Å². The molecule has 0 aliphatic heterocycles. The lowest BCUT2D eigenvalue weighted by molar-refractivity contribution is 0.211. The van der Waals surface area contributed by atoms with E-state index in [1.54, 1.807) is 17.6 Å². The monoisotopic (exact) mass is 423 g/mol. The van der Waals surface area contributed by atoms with Crippen LogP contribution in [0.2, 0.25) is 10.0 Å². The summed E-state index contributed by atoms with van der Waals surface area (Å²) in [4.78, 5) is 16.2. The number of halogens is 2. The van der Waals surface area contributed by atoms with Gasteiger partial charge >= 0.3 is 6.09 Å². The number of hydrogen-bond acceptors (Lipinski definition) is 4. The van der Waals surface area contributed by atoms with E-state index < -0.39 is 6.09 Å². The van der Waals surface area contributed by atoms with Crippen molar-refractivity contribution in [1.29, 1.82) is 0 Å². The van der Waals surface area contributed by atoms with E-state index in [1.165, 1.54) is 11.3 Å². The van der Waals surface area contributed by atoms with Crippen molar-refractivity contribution in [2.45, 2.75) is 26.8 Å². The molecule has 0 aliphatic carbocycles. The van der Waals surface area contributed by atoms with Gasteiger partial charge in [0.25, 0.3) is 0 Å². The smallest absolute Gasteiger partial charge is 0.393 e. The molecule has 0 unspecified atom stereocenters. The predicted octanol–water partition coefficient (Wildman–Crippen LogP) is 6.11. The average Bonchev–Trinajstić information content (AvgIpc) is 3.21. The van der Waals surface area contributed by atoms with Gasteiger partial charge in [-0.25, -0.2) is 9.78 Å². The minimum Gasteiger partial charge on any atom is -0.393 e. The fourth-order valence-electron chi connectivity index (χ4n) is 2.66. The zero-order chi connectivity index (χ0) is 19.4. The highest BCUT2D eigenvalue weighted by molar-refractivity contribution is 7.13. The molecule has 0 radical (unpaired) electrons. The maximum Gasteiger partial charge on any atom is 0.420 e. The summed E-state index contributed by atoms with van der Waals surface area (Å²) in [5.74, 6) is 0.952. The average molecular weight is 424 g/mol. The number of ether oxygens (including phenoxy) is 1. The molecule has 8 heteroatoms. The van der Waals surface area contributed by atoms with Crippen LogP contribution in [-0.2, 0) is 13.0 Å². The van der Waals surface area contributed by atoms with Gasteiger partial charge in [0.2, 0.25) is 5.88 Å². The van der Waals surface area contributed by atoms with Crippen LogP contribution in [0.1, 0.15) is 25.0 Å². The highest BCUT2D eigenvalue weighted by Crippen LogP contribution is 2.26. The molecule has 0 saturated heterocycles. The van der Waals surface area contributed by atoms with Gasteiger partial charge in [0.05, 0.1) is 16.6 Å². The Balaban J connectivity index is 1.80. The van der Waals surface area contributed by atoms with Gasteiger partial charge in [0, 0.05) is 23.8 Å². The van der Waals surface area contributed by atoms with Gasteiger partial charge in [-0.1, -0.05) is 43.1 Å². The number of benzene rings is 1. The second-order valence-corrected chi connectivity index (χ2v) is 8.22. The van der Waals surface area contributed by atoms with Crippen LogP contribution in [0.25, 0.3) is 0 Å². The minimum absolute atomic E-state index is 0.464. The third kappa shape index (κ3) is 5.48. The van der Waals surface area contributed by atoms with Crippen LogP contribution in [0.3, 0.4) is 0 Å². The molecule has 3 rings (SSSR count). The molecule has 1 amide bonds. The van der Waals surface area contributed by atoms with Crippen LogP contribution < -0.4 is 10.1 Å². The molecule has 0 aliphatic rings. The summed E-state index contributed by atoms with van der Waals surface area (Å²) in [6.07, 6.45) is 3.93. The van der Waals surface area contributed by atoms with Crippen molar-refractivity contribution in [3.63, 3.8) is 0 Å². The highest BCUT2D eigenvalue weighted by Gasteiger charge is 2.14. The van der Waals surface area contributed by atoms with Crippen LogP contribution in [0.15, 0.2) is 42.0 Å². The Morgan fingerprint density at radius 1 is 1.26 bits per heavy atom. The maximum absolute atomic E-state index is 12.2. The van der Waals surface area contributed by atoms with E-state index in [-0.39, 0.29) is 0 Å². The number of nitrogens with zero attached hydrogens (tertiary/aromatic N) is 2. The van der Waals surface area contributed by atoms with E-state index in [9.17, 15) is 4.79 Å². The van der Waals surface area contributed by atoms with E-state index in [1.807, 2.05) is 29.0 Å². The zero-order valence-corrected chi connectivity index (χ0v) is 17.2. The van der Waals surface area contributed by atoms with Crippen LogP contribution in [0.4, 0.5) is 9.93 Å². The molecule has 0 saturated carbocycles. The molecule has 27 heavy (non-hydrogen) atoms.